The highest BCUT2D eigenvalue weighted by molar-refractivity contribution is 5.76. The summed E-state index contributed by atoms with van der Waals surface area (Å²) >= 11 is 0. The summed E-state index contributed by atoms with van der Waals surface area (Å²) in [6.07, 6.45) is 5.87. The van der Waals surface area contributed by atoms with Gasteiger partial charge in [-0.25, -0.2) is 4.99 Å². The molecule has 3 heterocycles. The Hall–Kier alpha value is -3.21. The monoisotopic (exact) mass is 319 g/mol. The number of hydrogen-bond donors (Lipinski definition) is 2. The van der Waals surface area contributed by atoms with Crippen LogP contribution in [0.5, 0.6) is 11.5 Å². The lowest BCUT2D eigenvalue weighted by Crippen LogP contribution is -2.19. The normalized spacial score (nSPS) is 15.7. The molecule has 1 aliphatic rings. The Bertz CT molecular complexity index is 1100. The number of aromatic amines is 2. The van der Waals surface area contributed by atoms with Gasteiger partial charge in [-0.3, -0.25) is 0 Å². The highest BCUT2D eigenvalue weighted by atomic mass is 16.5. The van der Waals surface area contributed by atoms with Crippen LogP contribution in [-0.2, 0) is 0 Å². The second-order valence-electron chi connectivity index (χ2n) is 5.47. The molecule has 24 heavy (non-hydrogen) atoms. The van der Waals surface area contributed by atoms with Crippen molar-refractivity contribution in [1.29, 1.82) is 0 Å². The predicted octanol–water partition coefficient (Wildman–Crippen LogP) is 0.411. The molecule has 0 saturated carbocycles. The number of nitrogens with one attached hydrogen (secondary N) is 2. The van der Waals surface area contributed by atoms with E-state index in [1.807, 2.05) is 42.6 Å². The van der Waals surface area contributed by atoms with Crippen LogP contribution >= 0.6 is 0 Å². The molecule has 0 bridgehead atoms. The SMILES string of the molecule is COc1cc[nH]c1/C=c1\[nH]/c(=C2/C=c3ccccc3=N2)cc1OC. The lowest BCUT2D eigenvalue weighted by Gasteiger charge is -1.97. The summed E-state index contributed by atoms with van der Waals surface area (Å²) in [4.78, 5) is 11.2. The van der Waals surface area contributed by atoms with Gasteiger partial charge < -0.3 is 19.4 Å². The van der Waals surface area contributed by atoms with Gasteiger partial charge in [0.15, 0.2) is 0 Å². The number of hydrogen-bond acceptors (Lipinski definition) is 3. The summed E-state index contributed by atoms with van der Waals surface area (Å²) < 4.78 is 10.8. The molecule has 0 radical (unpaired) electrons. The third kappa shape index (κ3) is 2.40. The Balaban J connectivity index is 1.91. The van der Waals surface area contributed by atoms with Crippen LogP contribution in [0.15, 0.2) is 47.6 Å². The Labute approximate surface area is 138 Å². The summed E-state index contributed by atoms with van der Waals surface area (Å²) in [6, 6.07) is 11.9. The number of benzene rings is 1. The summed E-state index contributed by atoms with van der Waals surface area (Å²) in [6.45, 7) is 0. The second kappa shape index (κ2) is 5.77. The number of methoxy groups -OCH3 is 2. The Morgan fingerprint density at radius 3 is 2.67 bits per heavy atom. The Morgan fingerprint density at radius 1 is 1.04 bits per heavy atom. The quantitative estimate of drug-likeness (QED) is 0.734. The van der Waals surface area contributed by atoms with Crippen molar-refractivity contribution in [3.05, 3.63) is 69.6 Å². The van der Waals surface area contributed by atoms with Crippen molar-refractivity contribution in [3.8, 4) is 11.5 Å². The zero-order chi connectivity index (χ0) is 16.5. The van der Waals surface area contributed by atoms with Crippen molar-refractivity contribution in [3.63, 3.8) is 0 Å². The number of fused-ring (bicyclic) bond motifs is 1. The van der Waals surface area contributed by atoms with E-state index in [1.54, 1.807) is 14.2 Å². The molecule has 120 valence electrons. The summed E-state index contributed by atoms with van der Waals surface area (Å²) in [5.74, 6) is 1.54. The maximum atomic E-state index is 5.50. The van der Waals surface area contributed by atoms with E-state index in [0.717, 1.165) is 44.2 Å². The van der Waals surface area contributed by atoms with Crippen LogP contribution in [0.3, 0.4) is 0 Å². The molecule has 0 fully saturated rings. The molecular weight excluding hydrogens is 302 g/mol. The van der Waals surface area contributed by atoms with Crippen molar-refractivity contribution >= 4 is 17.8 Å². The molecule has 0 amide bonds. The van der Waals surface area contributed by atoms with Crippen molar-refractivity contribution in [1.82, 2.24) is 9.97 Å². The molecular formula is C19H17N3O2. The van der Waals surface area contributed by atoms with Crippen LogP contribution in [0.25, 0.3) is 17.8 Å². The second-order valence-corrected chi connectivity index (χ2v) is 5.47. The number of rotatable bonds is 3. The largest absolute Gasteiger partial charge is 0.495 e. The molecule has 0 aliphatic carbocycles. The average molecular weight is 319 g/mol. The fourth-order valence-corrected chi connectivity index (χ4v) is 2.83. The number of para-hydroxylation sites is 1. The van der Waals surface area contributed by atoms with Crippen LogP contribution < -0.4 is 30.7 Å². The van der Waals surface area contributed by atoms with E-state index >= 15 is 0 Å². The van der Waals surface area contributed by atoms with Crippen molar-refractivity contribution in [2.45, 2.75) is 0 Å². The molecule has 0 atom stereocenters. The number of nitrogens with zero attached hydrogens (tertiary/aromatic N) is 1. The first kappa shape index (κ1) is 14.4. The molecule has 2 aromatic heterocycles. The average Bonchev–Trinajstić information content (AvgIpc) is 3.32. The molecule has 4 rings (SSSR count). The van der Waals surface area contributed by atoms with E-state index in [0.29, 0.717) is 0 Å². The van der Waals surface area contributed by atoms with Gasteiger partial charge in [0.25, 0.3) is 0 Å². The fourth-order valence-electron chi connectivity index (χ4n) is 2.83. The first-order valence-electron chi connectivity index (χ1n) is 7.64. The lowest BCUT2D eigenvalue weighted by atomic mass is 10.3. The van der Waals surface area contributed by atoms with Gasteiger partial charge in [-0.2, -0.15) is 0 Å². The number of ether oxygens (including phenoxy) is 2. The molecule has 0 saturated heterocycles. The maximum Gasteiger partial charge on any atom is 0.144 e. The van der Waals surface area contributed by atoms with Crippen molar-refractivity contribution in [2.75, 3.05) is 14.2 Å². The van der Waals surface area contributed by atoms with Gasteiger partial charge >= 0.3 is 0 Å². The van der Waals surface area contributed by atoms with Gasteiger partial charge in [-0.05, 0) is 24.3 Å². The topological polar surface area (TPSA) is 62.4 Å². The van der Waals surface area contributed by atoms with Gasteiger partial charge in [0.2, 0.25) is 0 Å². The molecule has 0 unspecified atom stereocenters. The van der Waals surface area contributed by atoms with E-state index in [1.165, 1.54) is 0 Å². The van der Waals surface area contributed by atoms with E-state index in [-0.39, 0.29) is 0 Å². The van der Waals surface area contributed by atoms with Gasteiger partial charge in [-0.15, -0.1) is 0 Å². The van der Waals surface area contributed by atoms with Crippen LogP contribution in [0.4, 0.5) is 0 Å². The smallest absolute Gasteiger partial charge is 0.144 e. The van der Waals surface area contributed by atoms with Gasteiger partial charge in [0.1, 0.15) is 11.5 Å². The highest BCUT2D eigenvalue weighted by Crippen LogP contribution is 2.16. The van der Waals surface area contributed by atoms with Crippen molar-refractivity contribution < 1.29 is 9.47 Å². The third-order valence-corrected chi connectivity index (χ3v) is 4.02. The molecule has 5 nitrogen and oxygen atoms in total. The van der Waals surface area contributed by atoms with Crippen molar-refractivity contribution in [2.24, 2.45) is 4.99 Å². The number of aromatic nitrogens is 2. The van der Waals surface area contributed by atoms with Crippen LogP contribution in [0.2, 0.25) is 0 Å². The minimum absolute atomic E-state index is 0.758. The first-order valence-corrected chi connectivity index (χ1v) is 7.64. The Morgan fingerprint density at radius 2 is 1.88 bits per heavy atom. The lowest BCUT2D eigenvalue weighted by molar-refractivity contribution is 0.411. The molecule has 3 aromatic rings. The maximum absolute atomic E-state index is 5.50. The third-order valence-electron chi connectivity index (χ3n) is 4.02. The molecule has 2 N–H and O–H groups in total. The van der Waals surface area contributed by atoms with Gasteiger partial charge in [-0.1, -0.05) is 18.2 Å². The van der Waals surface area contributed by atoms with Crippen LogP contribution in [-0.4, -0.2) is 24.2 Å². The number of H-pyrrole nitrogens is 2. The zero-order valence-electron chi connectivity index (χ0n) is 13.5. The summed E-state index contributed by atoms with van der Waals surface area (Å²) in [5.41, 5.74) is 1.78. The zero-order valence-corrected chi connectivity index (χ0v) is 13.5. The van der Waals surface area contributed by atoms with E-state index in [2.05, 4.69) is 27.1 Å². The fraction of sp³-hybridized carbons (Fsp3) is 0.105. The van der Waals surface area contributed by atoms with E-state index in [9.17, 15) is 0 Å². The minimum atomic E-state index is 0.758. The van der Waals surface area contributed by atoms with E-state index in [4.69, 9.17) is 9.47 Å². The van der Waals surface area contributed by atoms with Crippen LogP contribution in [0, 0.1) is 0 Å². The molecule has 5 heteroatoms. The predicted molar refractivity (Wildman–Crippen MR) is 92.6 cm³/mol. The molecule has 1 aromatic carbocycles. The summed E-state index contributed by atoms with van der Waals surface area (Å²) in [5, 5.41) is 3.88. The van der Waals surface area contributed by atoms with Crippen LogP contribution in [0.1, 0.15) is 5.69 Å². The minimum Gasteiger partial charge on any atom is -0.495 e. The van der Waals surface area contributed by atoms with Gasteiger partial charge in [0, 0.05) is 17.5 Å². The molecule has 1 aliphatic heterocycles. The van der Waals surface area contributed by atoms with Gasteiger partial charge in [0.05, 0.1) is 41.7 Å². The van der Waals surface area contributed by atoms with E-state index < -0.39 is 0 Å². The first-order chi connectivity index (χ1) is 11.8. The Kier molecular flexibility index (Phi) is 3.46. The highest BCUT2D eigenvalue weighted by Gasteiger charge is 2.07. The standard InChI is InChI=1S/C19H17N3O2/c1-23-18-7-8-20-16(18)10-17-19(24-2)11-15(22-17)14-9-12-5-3-4-6-13(12)21-14/h3-11,20,22H,1-2H3/b15-14-,17-10-. The summed E-state index contributed by atoms with van der Waals surface area (Å²) in [7, 11) is 3.31. The molecule has 0 spiro atoms.